The number of hydrogen-bond acceptors (Lipinski definition) is 2. The minimum atomic E-state index is 0.503. The highest BCUT2D eigenvalue weighted by molar-refractivity contribution is 5.12. The lowest BCUT2D eigenvalue weighted by Crippen LogP contribution is -2.51. The molecule has 0 radical (unpaired) electrons. The van der Waals surface area contributed by atoms with Crippen molar-refractivity contribution in [2.45, 2.75) is 72.4 Å². The Labute approximate surface area is 125 Å². The van der Waals surface area contributed by atoms with Gasteiger partial charge in [-0.25, -0.2) is 0 Å². The van der Waals surface area contributed by atoms with Crippen molar-refractivity contribution in [2.24, 2.45) is 22.7 Å². The number of nitrogens with one attached hydrogen (secondary N) is 1. The Bertz CT molecular complexity index is 358. The minimum Gasteiger partial charge on any atom is -0.313 e. The molecule has 3 aliphatic rings. The Morgan fingerprint density at radius 2 is 1.95 bits per heavy atom. The van der Waals surface area contributed by atoms with Crippen LogP contribution in [0, 0.1) is 22.7 Å². The van der Waals surface area contributed by atoms with Crippen molar-refractivity contribution < 1.29 is 0 Å². The molecule has 4 atom stereocenters. The van der Waals surface area contributed by atoms with E-state index >= 15 is 0 Å². The number of nitrogens with zero attached hydrogens (tertiary/aromatic N) is 1. The molecule has 3 rings (SSSR count). The van der Waals surface area contributed by atoms with Crippen LogP contribution in [0.5, 0.6) is 0 Å². The van der Waals surface area contributed by atoms with Crippen molar-refractivity contribution in [2.75, 3.05) is 19.6 Å². The van der Waals surface area contributed by atoms with E-state index < -0.39 is 0 Å². The van der Waals surface area contributed by atoms with Crippen molar-refractivity contribution in [1.82, 2.24) is 10.2 Å². The Hall–Kier alpha value is -0.0800. The van der Waals surface area contributed by atoms with Gasteiger partial charge in [0, 0.05) is 18.6 Å². The maximum absolute atomic E-state index is 4.02. The fraction of sp³-hybridized carbons (Fsp3) is 1.00. The molecule has 20 heavy (non-hydrogen) atoms. The summed E-state index contributed by atoms with van der Waals surface area (Å²) in [5.41, 5.74) is 1.08. The smallest absolute Gasteiger partial charge is 0.0175 e. The van der Waals surface area contributed by atoms with Crippen LogP contribution < -0.4 is 5.32 Å². The minimum absolute atomic E-state index is 0.503. The fourth-order valence-corrected chi connectivity index (χ4v) is 5.59. The SMILES string of the molecule is CC(C)N1CCC(CNC2C(C)(C)[C@H]3CC[C@]2(C)C3)C1. The van der Waals surface area contributed by atoms with Crippen LogP contribution in [0.4, 0.5) is 0 Å². The molecule has 2 unspecified atom stereocenters. The van der Waals surface area contributed by atoms with Crippen LogP contribution in [0.2, 0.25) is 0 Å². The van der Waals surface area contributed by atoms with Crippen molar-refractivity contribution in [3.63, 3.8) is 0 Å². The molecule has 1 aliphatic heterocycles. The Balaban J connectivity index is 1.57. The zero-order valence-corrected chi connectivity index (χ0v) is 14.2. The second-order valence-electron chi connectivity index (χ2n) is 9.00. The first kappa shape index (κ1) is 14.8. The van der Waals surface area contributed by atoms with E-state index in [1.54, 1.807) is 0 Å². The van der Waals surface area contributed by atoms with E-state index in [4.69, 9.17) is 0 Å². The first-order chi connectivity index (χ1) is 9.33. The number of rotatable bonds is 4. The van der Waals surface area contributed by atoms with Gasteiger partial charge in [0.25, 0.3) is 0 Å². The molecule has 0 aromatic carbocycles. The van der Waals surface area contributed by atoms with Crippen molar-refractivity contribution in [3.05, 3.63) is 0 Å². The van der Waals surface area contributed by atoms with Gasteiger partial charge in [0.05, 0.1) is 0 Å². The van der Waals surface area contributed by atoms with Crippen molar-refractivity contribution in [3.8, 4) is 0 Å². The highest BCUT2D eigenvalue weighted by atomic mass is 15.2. The molecular formula is C18H34N2. The zero-order valence-electron chi connectivity index (χ0n) is 14.2. The van der Waals surface area contributed by atoms with E-state index in [-0.39, 0.29) is 0 Å². The lowest BCUT2D eigenvalue weighted by molar-refractivity contribution is 0.105. The average Bonchev–Trinajstić information content (AvgIpc) is 2.99. The summed E-state index contributed by atoms with van der Waals surface area (Å²) in [7, 11) is 0. The van der Waals surface area contributed by atoms with E-state index in [9.17, 15) is 0 Å². The second kappa shape index (κ2) is 4.98. The summed E-state index contributed by atoms with van der Waals surface area (Å²) in [4.78, 5) is 2.64. The van der Waals surface area contributed by atoms with Crippen LogP contribution in [0.15, 0.2) is 0 Å². The maximum Gasteiger partial charge on any atom is 0.0175 e. The topological polar surface area (TPSA) is 15.3 Å². The largest absolute Gasteiger partial charge is 0.313 e. The van der Waals surface area contributed by atoms with Crippen molar-refractivity contribution >= 4 is 0 Å². The lowest BCUT2D eigenvalue weighted by Gasteiger charge is -2.43. The molecule has 0 aromatic heterocycles. The monoisotopic (exact) mass is 278 g/mol. The van der Waals surface area contributed by atoms with Gasteiger partial charge >= 0.3 is 0 Å². The van der Waals surface area contributed by atoms with Gasteiger partial charge in [-0.2, -0.15) is 0 Å². The van der Waals surface area contributed by atoms with E-state index in [0.717, 1.165) is 23.9 Å². The molecule has 0 spiro atoms. The summed E-state index contributed by atoms with van der Waals surface area (Å²) in [5.74, 6) is 1.83. The Kier molecular flexibility index (Phi) is 3.70. The fourth-order valence-electron chi connectivity index (χ4n) is 5.59. The lowest BCUT2D eigenvalue weighted by atomic mass is 9.68. The normalized spacial score (nSPS) is 43.8. The van der Waals surface area contributed by atoms with Gasteiger partial charge < -0.3 is 10.2 Å². The summed E-state index contributed by atoms with van der Waals surface area (Å²) in [5, 5.41) is 4.02. The summed E-state index contributed by atoms with van der Waals surface area (Å²) < 4.78 is 0. The molecular weight excluding hydrogens is 244 g/mol. The molecule has 0 amide bonds. The Morgan fingerprint density at radius 1 is 1.20 bits per heavy atom. The Morgan fingerprint density at radius 3 is 2.50 bits per heavy atom. The molecule has 1 N–H and O–H groups in total. The van der Waals surface area contributed by atoms with Crippen molar-refractivity contribution in [1.29, 1.82) is 0 Å². The van der Waals surface area contributed by atoms with Crippen LogP contribution in [0.3, 0.4) is 0 Å². The van der Waals surface area contributed by atoms with Gasteiger partial charge in [-0.15, -0.1) is 0 Å². The zero-order chi connectivity index (χ0) is 14.5. The average molecular weight is 278 g/mol. The van der Waals surface area contributed by atoms with Gasteiger partial charge in [-0.1, -0.05) is 20.8 Å². The van der Waals surface area contributed by atoms with E-state index in [1.165, 1.54) is 45.3 Å². The molecule has 1 saturated heterocycles. The molecule has 2 nitrogen and oxygen atoms in total. The summed E-state index contributed by atoms with van der Waals surface area (Å²) in [6, 6.07) is 1.46. The summed E-state index contributed by atoms with van der Waals surface area (Å²) >= 11 is 0. The molecule has 1 heterocycles. The van der Waals surface area contributed by atoms with Gasteiger partial charge in [0.2, 0.25) is 0 Å². The molecule has 2 saturated carbocycles. The third kappa shape index (κ3) is 2.33. The van der Waals surface area contributed by atoms with E-state index in [1.807, 2.05) is 0 Å². The highest BCUT2D eigenvalue weighted by Crippen LogP contribution is 2.62. The van der Waals surface area contributed by atoms with Gasteiger partial charge in [0.15, 0.2) is 0 Å². The first-order valence-corrected chi connectivity index (χ1v) is 8.80. The third-order valence-corrected chi connectivity index (χ3v) is 6.93. The summed E-state index contributed by atoms with van der Waals surface area (Å²) in [6.07, 6.45) is 5.76. The van der Waals surface area contributed by atoms with Crippen LogP contribution in [-0.2, 0) is 0 Å². The number of fused-ring (bicyclic) bond motifs is 2. The molecule has 2 bridgehead atoms. The van der Waals surface area contributed by atoms with Crippen LogP contribution >= 0.6 is 0 Å². The van der Waals surface area contributed by atoms with Crippen LogP contribution in [0.25, 0.3) is 0 Å². The molecule has 3 fully saturated rings. The van der Waals surface area contributed by atoms with Gasteiger partial charge in [0.1, 0.15) is 0 Å². The van der Waals surface area contributed by atoms with Gasteiger partial charge in [-0.05, 0) is 75.3 Å². The molecule has 2 heteroatoms. The standard InChI is InChI=1S/C18H34N2/c1-13(2)20-9-7-14(12-20)11-19-16-17(3,4)15-6-8-18(16,5)10-15/h13-16,19H,6-12H2,1-5H3/t14?,15-,16?,18+/m0/s1. The van der Waals surface area contributed by atoms with Gasteiger partial charge in [-0.3, -0.25) is 0 Å². The molecule has 0 aromatic rings. The van der Waals surface area contributed by atoms with Crippen LogP contribution in [0.1, 0.15) is 60.3 Å². The summed E-state index contributed by atoms with van der Waals surface area (Å²) in [6.45, 7) is 16.1. The predicted molar refractivity (Wildman–Crippen MR) is 85.8 cm³/mol. The molecule has 116 valence electrons. The second-order valence-corrected chi connectivity index (χ2v) is 9.00. The first-order valence-electron chi connectivity index (χ1n) is 8.80. The predicted octanol–water partition coefficient (Wildman–Crippen LogP) is 3.52. The number of hydrogen-bond donors (Lipinski definition) is 1. The van der Waals surface area contributed by atoms with Crippen LogP contribution in [-0.4, -0.2) is 36.6 Å². The number of likely N-dealkylation sites (tertiary alicyclic amines) is 1. The maximum atomic E-state index is 4.02. The molecule has 2 aliphatic carbocycles. The van der Waals surface area contributed by atoms with E-state index in [0.29, 0.717) is 10.8 Å². The highest BCUT2D eigenvalue weighted by Gasteiger charge is 2.58. The van der Waals surface area contributed by atoms with E-state index in [2.05, 4.69) is 44.8 Å². The quantitative estimate of drug-likeness (QED) is 0.846. The third-order valence-electron chi connectivity index (χ3n) is 6.93.